The summed E-state index contributed by atoms with van der Waals surface area (Å²) in [5.41, 5.74) is 3.57. The van der Waals surface area contributed by atoms with E-state index in [1.165, 1.54) is 24.0 Å². The summed E-state index contributed by atoms with van der Waals surface area (Å²) >= 11 is 0. The quantitative estimate of drug-likeness (QED) is 0.750. The smallest absolute Gasteiger partial charge is 0.243 e. The lowest BCUT2D eigenvalue weighted by molar-refractivity contribution is 0.122. The second-order valence-electron chi connectivity index (χ2n) is 6.29. The van der Waals surface area contributed by atoms with Gasteiger partial charge in [0.15, 0.2) is 0 Å². The van der Waals surface area contributed by atoms with Gasteiger partial charge in [0.1, 0.15) is 5.82 Å². The Kier molecular flexibility index (Phi) is 5.20. The van der Waals surface area contributed by atoms with Gasteiger partial charge in [0.2, 0.25) is 5.95 Å². The molecule has 1 fully saturated rings. The summed E-state index contributed by atoms with van der Waals surface area (Å²) in [6.07, 6.45) is 1.52. The Bertz CT molecular complexity index is 897. The molecule has 0 spiro atoms. The highest BCUT2D eigenvalue weighted by atomic mass is 19.1. The standard InChI is InChI=1S/C20H20FN5O/c21-17-3-1-2-16(12-17)19-14-23-25-20(24-19)22-13-15-4-6-18(7-5-15)26-8-10-27-11-9-26/h1-7,12,14H,8-11,13H2,(H,22,24,25). The highest BCUT2D eigenvalue weighted by Crippen LogP contribution is 2.19. The number of morpholine rings is 1. The maximum absolute atomic E-state index is 13.4. The van der Waals surface area contributed by atoms with E-state index in [-0.39, 0.29) is 5.82 Å². The summed E-state index contributed by atoms with van der Waals surface area (Å²) in [5, 5.41) is 11.1. The molecule has 0 radical (unpaired) electrons. The van der Waals surface area contributed by atoms with E-state index in [2.05, 4.69) is 49.7 Å². The minimum atomic E-state index is -0.305. The van der Waals surface area contributed by atoms with Gasteiger partial charge in [-0.25, -0.2) is 9.37 Å². The predicted molar refractivity (Wildman–Crippen MR) is 102 cm³/mol. The zero-order chi connectivity index (χ0) is 18.5. The molecule has 0 aliphatic carbocycles. The monoisotopic (exact) mass is 365 g/mol. The van der Waals surface area contributed by atoms with Crippen LogP contribution in [0.5, 0.6) is 0 Å². The van der Waals surface area contributed by atoms with E-state index in [9.17, 15) is 4.39 Å². The Morgan fingerprint density at radius 3 is 2.67 bits per heavy atom. The van der Waals surface area contributed by atoms with E-state index in [0.717, 1.165) is 31.9 Å². The summed E-state index contributed by atoms with van der Waals surface area (Å²) < 4.78 is 18.8. The Labute approximate surface area is 157 Å². The molecular weight excluding hydrogens is 345 g/mol. The number of hydrogen-bond donors (Lipinski definition) is 1. The van der Waals surface area contributed by atoms with Gasteiger partial charge in [0.05, 0.1) is 25.1 Å². The number of benzene rings is 2. The molecule has 7 heteroatoms. The first-order valence-electron chi connectivity index (χ1n) is 8.89. The van der Waals surface area contributed by atoms with E-state index < -0.39 is 0 Å². The molecule has 1 aliphatic rings. The summed E-state index contributed by atoms with van der Waals surface area (Å²) in [5.74, 6) is 0.106. The molecule has 0 amide bonds. The summed E-state index contributed by atoms with van der Waals surface area (Å²) in [6, 6.07) is 14.7. The molecule has 0 saturated carbocycles. The van der Waals surface area contributed by atoms with Crippen LogP contribution in [0.2, 0.25) is 0 Å². The molecule has 3 aromatic rings. The van der Waals surface area contributed by atoms with Crippen molar-refractivity contribution in [2.45, 2.75) is 6.54 Å². The normalized spacial score (nSPS) is 14.2. The first kappa shape index (κ1) is 17.4. The van der Waals surface area contributed by atoms with Crippen molar-refractivity contribution in [2.75, 3.05) is 36.5 Å². The minimum Gasteiger partial charge on any atom is -0.378 e. The van der Waals surface area contributed by atoms with Crippen molar-refractivity contribution in [1.82, 2.24) is 15.2 Å². The molecule has 0 bridgehead atoms. The first-order chi connectivity index (χ1) is 13.3. The highest BCUT2D eigenvalue weighted by Gasteiger charge is 2.11. The van der Waals surface area contributed by atoms with Crippen LogP contribution in [0.15, 0.2) is 54.7 Å². The molecule has 1 saturated heterocycles. The summed E-state index contributed by atoms with van der Waals surface area (Å²) in [7, 11) is 0. The Balaban J connectivity index is 1.40. The van der Waals surface area contributed by atoms with Gasteiger partial charge < -0.3 is 15.0 Å². The second-order valence-corrected chi connectivity index (χ2v) is 6.29. The molecule has 6 nitrogen and oxygen atoms in total. The molecule has 1 aromatic heterocycles. The summed E-state index contributed by atoms with van der Waals surface area (Å²) in [6.45, 7) is 3.97. The average molecular weight is 365 g/mol. The fourth-order valence-corrected chi connectivity index (χ4v) is 2.99. The van der Waals surface area contributed by atoms with Crippen LogP contribution in [-0.4, -0.2) is 41.5 Å². The zero-order valence-electron chi connectivity index (χ0n) is 14.8. The van der Waals surface area contributed by atoms with E-state index >= 15 is 0 Å². The number of rotatable bonds is 5. The van der Waals surface area contributed by atoms with E-state index in [4.69, 9.17) is 4.74 Å². The van der Waals surface area contributed by atoms with Crippen LogP contribution in [-0.2, 0) is 11.3 Å². The number of halogens is 1. The van der Waals surface area contributed by atoms with Crippen molar-refractivity contribution >= 4 is 11.6 Å². The van der Waals surface area contributed by atoms with Crippen LogP contribution in [0.1, 0.15) is 5.56 Å². The Morgan fingerprint density at radius 1 is 1.07 bits per heavy atom. The van der Waals surface area contributed by atoms with Crippen LogP contribution in [0.3, 0.4) is 0 Å². The van der Waals surface area contributed by atoms with Crippen molar-refractivity contribution in [2.24, 2.45) is 0 Å². The zero-order valence-corrected chi connectivity index (χ0v) is 14.8. The maximum atomic E-state index is 13.4. The highest BCUT2D eigenvalue weighted by molar-refractivity contribution is 5.59. The number of nitrogens with zero attached hydrogens (tertiary/aromatic N) is 4. The molecule has 138 valence electrons. The van der Waals surface area contributed by atoms with Gasteiger partial charge in [-0.1, -0.05) is 24.3 Å². The van der Waals surface area contributed by atoms with Crippen LogP contribution in [0, 0.1) is 5.82 Å². The SMILES string of the molecule is Fc1cccc(-c2cnnc(NCc3ccc(N4CCOCC4)cc3)n2)c1. The lowest BCUT2D eigenvalue weighted by Crippen LogP contribution is -2.36. The van der Waals surface area contributed by atoms with Crippen LogP contribution in [0.25, 0.3) is 11.3 Å². The van der Waals surface area contributed by atoms with Crippen LogP contribution in [0.4, 0.5) is 16.0 Å². The first-order valence-corrected chi connectivity index (χ1v) is 8.89. The molecule has 2 aromatic carbocycles. The predicted octanol–water partition coefficient (Wildman–Crippen LogP) is 3.13. The topological polar surface area (TPSA) is 63.2 Å². The minimum absolute atomic E-state index is 0.305. The van der Waals surface area contributed by atoms with Gasteiger partial charge in [0.25, 0.3) is 0 Å². The molecule has 4 rings (SSSR count). The lowest BCUT2D eigenvalue weighted by Gasteiger charge is -2.28. The molecule has 2 heterocycles. The van der Waals surface area contributed by atoms with Crippen molar-refractivity contribution in [3.8, 4) is 11.3 Å². The van der Waals surface area contributed by atoms with E-state index in [1.807, 2.05) is 0 Å². The van der Waals surface area contributed by atoms with Gasteiger partial charge in [-0.15, -0.1) is 5.10 Å². The summed E-state index contributed by atoms with van der Waals surface area (Å²) in [4.78, 5) is 6.73. The maximum Gasteiger partial charge on any atom is 0.243 e. The molecule has 1 aliphatic heterocycles. The molecular formula is C20H20FN5O. The van der Waals surface area contributed by atoms with Gasteiger partial charge in [-0.3, -0.25) is 0 Å². The van der Waals surface area contributed by atoms with Crippen molar-refractivity contribution in [1.29, 1.82) is 0 Å². The number of hydrogen-bond acceptors (Lipinski definition) is 6. The average Bonchev–Trinajstić information content (AvgIpc) is 2.73. The third-order valence-electron chi connectivity index (χ3n) is 4.44. The third kappa shape index (κ3) is 4.38. The van der Waals surface area contributed by atoms with Gasteiger partial charge in [0, 0.05) is 30.9 Å². The van der Waals surface area contributed by atoms with Crippen LogP contribution >= 0.6 is 0 Å². The number of nitrogens with one attached hydrogen (secondary N) is 1. The van der Waals surface area contributed by atoms with E-state index in [1.54, 1.807) is 12.1 Å². The van der Waals surface area contributed by atoms with Crippen molar-refractivity contribution in [3.05, 3.63) is 66.1 Å². The number of aromatic nitrogens is 3. The van der Waals surface area contributed by atoms with Crippen molar-refractivity contribution < 1.29 is 9.13 Å². The molecule has 0 atom stereocenters. The fraction of sp³-hybridized carbons (Fsp3) is 0.250. The number of anilines is 2. The molecule has 0 unspecified atom stereocenters. The van der Waals surface area contributed by atoms with Crippen molar-refractivity contribution in [3.63, 3.8) is 0 Å². The van der Waals surface area contributed by atoms with E-state index in [0.29, 0.717) is 23.8 Å². The van der Waals surface area contributed by atoms with Gasteiger partial charge in [-0.2, -0.15) is 5.10 Å². The third-order valence-corrected chi connectivity index (χ3v) is 4.44. The largest absolute Gasteiger partial charge is 0.378 e. The second kappa shape index (κ2) is 8.09. The molecule has 1 N–H and O–H groups in total. The Morgan fingerprint density at radius 2 is 1.89 bits per heavy atom. The number of ether oxygens (including phenoxy) is 1. The van der Waals surface area contributed by atoms with Gasteiger partial charge in [-0.05, 0) is 29.8 Å². The lowest BCUT2D eigenvalue weighted by atomic mass is 10.1. The van der Waals surface area contributed by atoms with Gasteiger partial charge >= 0.3 is 0 Å². The molecule has 27 heavy (non-hydrogen) atoms. The van der Waals surface area contributed by atoms with Crippen LogP contribution < -0.4 is 10.2 Å². The Hall–Kier alpha value is -3.06. The fourth-order valence-electron chi connectivity index (χ4n) is 2.99.